The molecule has 0 bridgehead atoms. The first-order valence-electron chi connectivity index (χ1n) is 5.13. The van der Waals surface area contributed by atoms with Gasteiger partial charge < -0.3 is 12.4 Å². The molecule has 0 amide bonds. The van der Waals surface area contributed by atoms with Crippen LogP contribution in [0.25, 0.3) is 0 Å². The van der Waals surface area contributed by atoms with E-state index in [1.165, 1.54) is 24.0 Å². The first-order valence-corrected chi connectivity index (χ1v) is 6.55. The van der Waals surface area contributed by atoms with Crippen LogP contribution in [0.5, 0.6) is 0 Å². The zero-order valence-corrected chi connectivity index (χ0v) is 12.4. The summed E-state index contributed by atoms with van der Waals surface area (Å²) in [6.45, 7) is 4.49. The fraction of sp³-hybridized carbons (Fsp3) is 0.385. The molecule has 0 saturated carbocycles. The molecule has 2 rings (SSSR count). The van der Waals surface area contributed by atoms with E-state index < -0.39 is 0 Å². The molecular formula is C13H15ClZr. The largest absolute Gasteiger partial charge is 1.00 e. The Hall–Kier alpha value is 0.133. The molecule has 0 spiro atoms. The van der Waals surface area contributed by atoms with E-state index in [-0.39, 0.29) is 12.4 Å². The van der Waals surface area contributed by atoms with E-state index in [0.29, 0.717) is 0 Å². The van der Waals surface area contributed by atoms with Crippen molar-refractivity contribution in [2.75, 3.05) is 0 Å². The minimum Gasteiger partial charge on any atom is -1.00 e. The van der Waals surface area contributed by atoms with Gasteiger partial charge >= 0.3 is 102 Å². The molecular weight excluding hydrogens is 283 g/mol. The SMILES string of the molecule is CC1=C([CH]([Zr+])C2=C(C)C=CC2)CC=C1.[Cl-]. The molecule has 15 heavy (non-hydrogen) atoms. The Bertz CT molecular complexity index is 336. The maximum atomic E-state index is 2.29. The van der Waals surface area contributed by atoms with E-state index in [4.69, 9.17) is 0 Å². The zero-order valence-electron chi connectivity index (χ0n) is 9.18. The summed E-state index contributed by atoms with van der Waals surface area (Å²) in [7, 11) is 0. The molecule has 78 valence electrons. The van der Waals surface area contributed by atoms with E-state index >= 15 is 0 Å². The van der Waals surface area contributed by atoms with Crippen LogP contribution < -0.4 is 12.4 Å². The summed E-state index contributed by atoms with van der Waals surface area (Å²) in [6.07, 6.45) is 11.5. The second kappa shape index (κ2) is 5.46. The van der Waals surface area contributed by atoms with Crippen LogP contribution in [0.3, 0.4) is 0 Å². The number of halogens is 1. The normalized spacial score (nSPS) is 19.3. The first-order chi connectivity index (χ1) is 6.70. The maximum absolute atomic E-state index is 2.29. The van der Waals surface area contributed by atoms with Gasteiger partial charge in [-0.1, -0.05) is 0 Å². The summed E-state index contributed by atoms with van der Waals surface area (Å²) in [5, 5.41) is 0. The first kappa shape index (κ1) is 13.2. The summed E-state index contributed by atoms with van der Waals surface area (Å²) in [4.78, 5) is 0. The average molecular weight is 298 g/mol. The van der Waals surface area contributed by atoms with Crippen molar-refractivity contribution in [2.24, 2.45) is 0 Å². The molecule has 0 heterocycles. The minimum atomic E-state index is 0. The average Bonchev–Trinajstić information content (AvgIpc) is 2.73. The van der Waals surface area contributed by atoms with Crippen LogP contribution in [-0.4, -0.2) is 0 Å². The van der Waals surface area contributed by atoms with E-state index in [0.717, 1.165) is 3.63 Å². The fourth-order valence-corrected chi connectivity index (χ4v) is 3.86. The van der Waals surface area contributed by atoms with Crippen molar-refractivity contribution in [3.8, 4) is 0 Å². The van der Waals surface area contributed by atoms with E-state index in [9.17, 15) is 0 Å². The third kappa shape index (κ3) is 2.63. The molecule has 0 fully saturated rings. The van der Waals surface area contributed by atoms with Gasteiger partial charge in [0, 0.05) is 0 Å². The van der Waals surface area contributed by atoms with Crippen molar-refractivity contribution < 1.29 is 37.1 Å². The maximum Gasteiger partial charge on any atom is -1.00 e. The van der Waals surface area contributed by atoms with Crippen LogP contribution >= 0.6 is 0 Å². The Morgan fingerprint density at radius 3 is 1.67 bits per heavy atom. The molecule has 0 aromatic heterocycles. The predicted octanol–water partition coefficient (Wildman–Crippen LogP) is 0.879. The van der Waals surface area contributed by atoms with Gasteiger partial charge in [0.15, 0.2) is 0 Å². The van der Waals surface area contributed by atoms with Crippen LogP contribution in [0, 0.1) is 0 Å². The molecule has 0 aromatic rings. The Morgan fingerprint density at radius 2 is 1.40 bits per heavy atom. The molecule has 2 heteroatoms. The monoisotopic (exact) mass is 296 g/mol. The number of hydrogen-bond donors (Lipinski definition) is 0. The summed E-state index contributed by atoms with van der Waals surface area (Å²) in [5.74, 6) is 0. The van der Waals surface area contributed by atoms with Gasteiger partial charge in [-0.3, -0.25) is 0 Å². The standard InChI is InChI=1S/C13H15.ClH.Zr/c1-10-5-3-7-12(10)9-13-8-4-6-11(13)2;;/h3-6,9H,7-8H2,1-2H3;1H;/q;;+1/p-1. The zero-order chi connectivity index (χ0) is 10.1. The quantitative estimate of drug-likeness (QED) is 0.710. The Kier molecular flexibility index (Phi) is 4.80. The fourth-order valence-electron chi connectivity index (χ4n) is 2.16. The van der Waals surface area contributed by atoms with Gasteiger partial charge in [-0.2, -0.15) is 0 Å². The molecule has 0 unspecified atom stereocenters. The van der Waals surface area contributed by atoms with Gasteiger partial charge in [0.25, 0.3) is 0 Å². The molecule has 0 saturated heterocycles. The van der Waals surface area contributed by atoms with Crippen LogP contribution in [-0.2, 0) is 24.7 Å². The molecule has 2 aliphatic rings. The smallest absolute Gasteiger partial charge is 1.00 e. The third-order valence-electron chi connectivity index (χ3n) is 3.12. The number of allylic oxidation sites excluding steroid dienone is 8. The number of hydrogen-bond acceptors (Lipinski definition) is 0. The summed E-state index contributed by atoms with van der Waals surface area (Å²) in [6, 6.07) is 0. The van der Waals surface area contributed by atoms with Crippen LogP contribution in [0.15, 0.2) is 46.6 Å². The summed E-state index contributed by atoms with van der Waals surface area (Å²) < 4.78 is 0.729. The molecule has 0 atom stereocenters. The molecule has 0 radical (unpaired) electrons. The Balaban J connectivity index is 0.00000112. The second-order valence-electron chi connectivity index (χ2n) is 4.06. The van der Waals surface area contributed by atoms with Crippen LogP contribution in [0.4, 0.5) is 0 Å². The van der Waals surface area contributed by atoms with Gasteiger partial charge in [0.05, 0.1) is 0 Å². The van der Waals surface area contributed by atoms with E-state index in [2.05, 4.69) is 38.2 Å². The molecule has 0 aromatic carbocycles. The van der Waals surface area contributed by atoms with Crippen molar-refractivity contribution in [2.45, 2.75) is 30.3 Å². The summed E-state index contributed by atoms with van der Waals surface area (Å²) in [5.41, 5.74) is 6.31. The van der Waals surface area contributed by atoms with Crippen molar-refractivity contribution >= 4 is 0 Å². The van der Waals surface area contributed by atoms with Gasteiger partial charge in [0.2, 0.25) is 0 Å². The minimum absolute atomic E-state index is 0. The Morgan fingerprint density at radius 1 is 1.00 bits per heavy atom. The van der Waals surface area contributed by atoms with E-state index in [1.54, 1.807) is 35.9 Å². The molecule has 2 aliphatic carbocycles. The predicted molar refractivity (Wildman–Crippen MR) is 56.7 cm³/mol. The number of rotatable bonds is 2. The Labute approximate surface area is 113 Å². The third-order valence-corrected chi connectivity index (χ3v) is 4.83. The van der Waals surface area contributed by atoms with Gasteiger partial charge in [-0.25, -0.2) is 0 Å². The van der Waals surface area contributed by atoms with Crippen molar-refractivity contribution in [3.63, 3.8) is 0 Å². The van der Waals surface area contributed by atoms with Crippen LogP contribution in [0.1, 0.15) is 26.7 Å². The van der Waals surface area contributed by atoms with Crippen molar-refractivity contribution in [1.82, 2.24) is 0 Å². The van der Waals surface area contributed by atoms with Gasteiger partial charge in [0.1, 0.15) is 0 Å². The van der Waals surface area contributed by atoms with Crippen LogP contribution in [0.2, 0.25) is 3.63 Å². The molecule has 0 N–H and O–H groups in total. The van der Waals surface area contributed by atoms with Crippen molar-refractivity contribution in [1.29, 1.82) is 0 Å². The topological polar surface area (TPSA) is 0 Å². The van der Waals surface area contributed by atoms with Crippen molar-refractivity contribution in [3.05, 3.63) is 46.6 Å². The van der Waals surface area contributed by atoms with Gasteiger partial charge in [-0.15, -0.1) is 0 Å². The van der Waals surface area contributed by atoms with Gasteiger partial charge in [-0.05, 0) is 0 Å². The molecule has 0 nitrogen and oxygen atoms in total. The second-order valence-corrected chi connectivity index (χ2v) is 5.48. The molecule has 0 aliphatic heterocycles. The summed E-state index contributed by atoms with van der Waals surface area (Å²) >= 11 is 1.64. The van der Waals surface area contributed by atoms with E-state index in [1.807, 2.05) is 0 Å².